The molecule has 5 unspecified atom stereocenters. The standard InChI is InChI=1S/C22H26N4O2.HI/c1-23-22(25-12-16-10-13-4-2-3-5-17(13)16)24-8-9-26-20(27)18-14-6-7-15(11-14)19(18)21(26)28;/h2-7,14-16,18-19H,8-12H2,1H3,(H2,23,24,25);1H. The summed E-state index contributed by atoms with van der Waals surface area (Å²) in [6.45, 7) is 1.75. The zero-order chi connectivity index (χ0) is 19.3. The van der Waals surface area contributed by atoms with Crippen molar-refractivity contribution < 1.29 is 9.59 Å². The molecule has 1 saturated heterocycles. The van der Waals surface area contributed by atoms with E-state index in [9.17, 15) is 9.59 Å². The molecule has 1 aromatic rings. The number of nitrogens with zero attached hydrogens (tertiary/aromatic N) is 2. The molecule has 3 aliphatic carbocycles. The SMILES string of the molecule is CN=C(NCCN1C(=O)C2C3C=CC(C3)C2C1=O)NCC1Cc2ccccc21.I. The van der Waals surface area contributed by atoms with Crippen molar-refractivity contribution >= 4 is 41.8 Å². The number of carbonyl (C=O) groups excluding carboxylic acids is 2. The molecular formula is C22H27IN4O2. The van der Waals surface area contributed by atoms with Crippen LogP contribution in [0.2, 0.25) is 0 Å². The smallest absolute Gasteiger partial charge is 0.233 e. The molecule has 5 rings (SSSR count). The van der Waals surface area contributed by atoms with Gasteiger partial charge < -0.3 is 10.6 Å². The number of amides is 2. The van der Waals surface area contributed by atoms with Crippen LogP contribution < -0.4 is 10.6 Å². The molecule has 7 heteroatoms. The van der Waals surface area contributed by atoms with E-state index in [4.69, 9.17) is 0 Å². The molecule has 5 atom stereocenters. The van der Waals surface area contributed by atoms with Crippen molar-refractivity contribution in [2.75, 3.05) is 26.7 Å². The number of halogens is 1. The molecule has 2 amide bonds. The van der Waals surface area contributed by atoms with Crippen LogP contribution in [0.15, 0.2) is 41.4 Å². The number of nitrogens with one attached hydrogen (secondary N) is 2. The number of rotatable bonds is 5. The molecule has 1 aliphatic heterocycles. The number of fused-ring (bicyclic) bond motifs is 6. The van der Waals surface area contributed by atoms with Crippen molar-refractivity contribution in [2.45, 2.75) is 18.8 Å². The molecular weight excluding hydrogens is 479 g/mol. The molecule has 154 valence electrons. The summed E-state index contributed by atoms with van der Waals surface area (Å²) in [6, 6.07) is 8.53. The minimum atomic E-state index is -0.112. The van der Waals surface area contributed by atoms with Crippen LogP contribution in [0.1, 0.15) is 23.5 Å². The molecule has 1 heterocycles. The Balaban J connectivity index is 0.00000205. The van der Waals surface area contributed by atoms with Crippen molar-refractivity contribution in [3.63, 3.8) is 0 Å². The number of benzene rings is 1. The third-order valence-corrected chi connectivity index (χ3v) is 6.89. The normalized spacial score (nSPS) is 31.3. The number of carbonyl (C=O) groups is 2. The molecule has 4 aliphatic rings. The van der Waals surface area contributed by atoms with E-state index < -0.39 is 0 Å². The Kier molecular flexibility index (Phi) is 5.68. The molecule has 2 fully saturated rings. The van der Waals surface area contributed by atoms with Gasteiger partial charge in [0.05, 0.1) is 11.8 Å². The molecule has 2 bridgehead atoms. The number of guanidine groups is 1. The van der Waals surface area contributed by atoms with Crippen LogP contribution in [0.25, 0.3) is 0 Å². The van der Waals surface area contributed by atoms with E-state index in [1.165, 1.54) is 16.0 Å². The highest BCUT2D eigenvalue weighted by Crippen LogP contribution is 2.52. The summed E-state index contributed by atoms with van der Waals surface area (Å²) in [7, 11) is 1.74. The minimum Gasteiger partial charge on any atom is -0.356 e. The van der Waals surface area contributed by atoms with Crippen molar-refractivity contribution in [2.24, 2.45) is 28.7 Å². The average molecular weight is 506 g/mol. The predicted octanol–water partition coefficient (Wildman–Crippen LogP) is 1.92. The summed E-state index contributed by atoms with van der Waals surface area (Å²) in [5.74, 6) is 1.57. The van der Waals surface area contributed by atoms with E-state index in [1.807, 2.05) is 0 Å². The van der Waals surface area contributed by atoms with Crippen molar-refractivity contribution in [1.82, 2.24) is 15.5 Å². The van der Waals surface area contributed by atoms with Gasteiger partial charge in [0.15, 0.2) is 5.96 Å². The lowest BCUT2D eigenvalue weighted by Gasteiger charge is -2.30. The van der Waals surface area contributed by atoms with Gasteiger partial charge in [0, 0.05) is 32.6 Å². The molecule has 0 spiro atoms. The van der Waals surface area contributed by atoms with Gasteiger partial charge in [-0.15, -0.1) is 24.0 Å². The Morgan fingerprint density at radius 1 is 1.10 bits per heavy atom. The fourth-order valence-corrected chi connectivity index (χ4v) is 5.46. The molecule has 0 aromatic heterocycles. The second-order valence-corrected chi connectivity index (χ2v) is 8.31. The summed E-state index contributed by atoms with van der Waals surface area (Å²) in [5, 5.41) is 6.61. The zero-order valence-corrected chi connectivity index (χ0v) is 18.8. The van der Waals surface area contributed by atoms with Gasteiger partial charge in [0.25, 0.3) is 0 Å². The van der Waals surface area contributed by atoms with Gasteiger partial charge >= 0.3 is 0 Å². The Labute approximate surface area is 188 Å². The van der Waals surface area contributed by atoms with Gasteiger partial charge in [-0.05, 0) is 35.8 Å². The predicted molar refractivity (Wildman–Crippen MR) is 122 cm³/mol. The van der Waals surface area contributed by atoms with Gasteiger partial charge in [-0.2, -0.15) is 0 Å². The molecule has 29 heavy (non-hydrogen) atoms. The van der Waals surface area contributed by atoms with Gasteiger partial charge in [0.2, 0.25) is 11.8 Å². The average Bonchev–Trinajstić information content (AvgIpc) is 3.36. The van der Waals surface area contributed by atoms with Crippen LogP contribution in [-0.4, -0.2) is 49.4 Å². The fraction of sp³-hybridized carbons (Fsp3) is 0.500. The minimum absolute atomic E-state index is 0. The monoisotopic (exact) mass is 506 g/mol. The van der Waals surface area contributed by atoms with Gasteiger partial charge in [-0.25, -0.2) is 0 Å². The maximum absolute atomic E-state index is 12.7. The van der Waals surface area contributed by atoms with Crippen LogP contribution in [-0.2, 0) is 16.0 Å². The van der Waals surface area contributed by atoms with Crippen molar-refractivity contribution in [1.29, 1.82) is 0 Å². The second-order valence-electron chi connectivity index (χ2n) is 8.31. The van der Waals surface area contributed by atoms with Crippen LogP contribution in [0.4, 0.5) is 0 Å². The molecule has 1 saturated carbocycles. The first kappa shape index (κ1) is 20.4. The highest BCUT2D eigenvalue weighted by Gasteiger charge is 2.58. The Morgan fingerprint density at radius 2 is 1.79 bits per heavy atom. The van der Waals surface area contributed by atoms with E-state index in [1.54, 1.807) is 7.05 Å². The number of imide groups is 1. The fourth-order valence-electron chi connectivity index (χ4n) is 5.46. The Morgan fingerprint density at radius 3 is 2.45 bits per heavy atom. The molecule has 0 radical (unpaired) electrons. The summed E-state index contributed by atoms with van der Waals surface area (Å²) in [4.78, 5) is 31.1. The number of hydrogen-bond donors (Lipinski definition) is 2. The number of allylic oxidation sites excluding steroid dienone is 2. The van der Waals surface area contributed by atoms with E-state index >= 15 is 0 Å². The summed E-state index contributed by atoms with van der Waals surface area (Å²) >= 11 is 0. The van der Waals surface area contributed by atoms with Crippen molar-refractivity contribution in [3.8, 4) is 0 Å². The lowest BCUT2D eigenvalue weighted by molar-refractivity contribution is -0.140. The summed E-state index contributed by atoms with van der Waals surface area (Å²) in [5.41, 5.74) is 2.84. The van der Waals surface area contributed by atoms with Crippen molar-refractivity contribution in [3.05, 3.63) is 47.5 Å². The summed E-state index contributed by atoms with van der Waals surface area (Å²) in [6.07, 6.45) is 6.32. The van der Waals surface area contributed by atoms with Crippen LogP contribution >= 0.6 is 24.0 Å². The van der Waals surface area contributed by atoms with E-state index in [0.29, 0.717) is 25.0 Å². The van der Waals surface area contributed by atoms with Crippen LogP contribution in [0, 0.1) is 23.7 Å². The highest BCUT2D eigenvalue weighted by atomic mass is 127. The maximum Gasteiger partial charge on any atom is 0.233 e. The van der Waals surface area contributed by atoms with E-state index in [0.717, 1.165) is 19.4 Å². The van der Waals surface area contributed by atoms with Gasteiger partial charge in [-0.1, -0.05) is 36.4 Å². The first-order valence-corrected chi connectivity index (χ1v) is 10.2. The first-order chi connectivity index (χ1) is 13.7. The Hall–Kier alpha value is -1.90. The Bertz CT molecular complexity index is 853. The lowest BCUT2D eigenvalue weighted by atomic mass is 9.78. The maximum atomic E-state index is 12.7. The largest absolute Gasteiger partial charge is 0.356 e. The lowest BCUT2D eigenvalue weighted by Crippen LogP contribution is -2.45. The number of hydrogen-bond acceptors (Lipinski definition) is 3. The summed E-state index contributed by atoms with van der Waals surface area (Å²) < 4.78 is 0. The van der Waals surface area contributed by atoms with E-state index in [-0.39, 0.29) is 59.5 Å². The number of aliphatic imine (C=N–C) groups is 1. The first-order valence-electron chi connectivity index (χ1n) is 10.2. The second kappa shape index (κ2) is 8.08. The zero-order valence-electron chi connectivity index (χ0n) is 16.5. The molecule has 2 N–H and O–H groups in total. The van der Waals surface area contributed by atoms with E-state index in [2.05, 4.69) is 52.0 Å². The van der Waals surface area contributed by atoms with Crippen LogP contribution in [0.3, 0.4) is 0 Å². The van der Waals surface area contributed by atoms with Gasteiger partial charge in [0.1, 0.15) is 0 Å². The molecule has 6 nitrogen and oxygen atoms in total. The third kappa shape index (κ3) is 3.37. The quantitative estimate of drug-likeness (QED) is 0.211. The molecule has 1 aromatic carbocycles. The van der Waals surface area contributed by atoms with Crippen LogP contribution in [0.5, 0.6) is 0 Å². The third-order valence-electron chi connectivity index (χ3n) is 6.89. The van der Waals surface area contributed by atoms with Gasteiger partial charge in [-0.3, -0.25) is 19.5 Å². The number of likely N-dealkylation sites (tertiary alicyclic amines) is 1. The highest BCUT2D eigenvalue weighted by molar-refractivity contribution is 14.0. The topological polar surface area (TPSA) is 73.8 Å².